The average Bonchev–Trinajstić information content (AvgIpc) is 2.32. The number of nitrogen functional groups attached to an aromatic ring is 1. The number of aryl methyl sites for hydroxylation is 1. The minimum atomic E-state index is 0.543. The van der Waals surface area contributed by atoms with Gasteiger partial charge >= 0.3 is 0 Å². The van der Waals surface area contributed by atoms with Gasteiger partial charge in [-0.1, -0.05) is 30.3 Å². The summed E-state index contributed by atoms with van der Waals surface area (Å²) in [5.41, 5.74) is 9.00. The van der Waals surface area contributed by atoms with Crippen LogP contribution in [-0.4, -0.2) is 4.98 Å². The standard InChI is InChI=1S/C13H15N3/c1-10-7-12(13(14)16-8-10)15-9-11-5-3-2-4-6-11/h2-8,15H,9H2,1H3,(H2,14,16). The fraction of sp³-hybridized carbons (Fsp3) is 0.154. The van der Waals surface area contributed by atoms with E-state index in [-0.39, 0.29) is 0 Å². The molecule has 0 aliphatic heterocycles. The number of benzene rings is 1. The lowest BCUT2D eigenvalue weighted by atomic mass is 10.2. The number of nitrogens with zero attached hydrogens (tertiary/aromatic N) is 1. The van der Waals surface area contributed by atoms with Crippen LogP contribution in [0.4, 0.5) is 11.5 Å². The Hall–Kier alpha value is -2.03. The van der Waals surface area contributed by atoms with Gasteiger partial charge in [0, 0.05) is 12.7 Å². The summed E-state index contributed by atoms with van der Waals surface area (Å²) in [5.74, 6) is 0.543. The van der Waals surface area contributed by atoms with Gasteiger partial charge in [0.2, 0.25) is 0 Å². The van der Waals surface area contributed by atoms with Crippen molar-refractivity contribution >= 4 is 11.5 Å². The molecular weight excluding hydrogens is 198 g/mol. The Kier molecular flexibility index (Phi) is 3.05. The molecule has 1 aromatic carbocycles. The first-order valence-electron chi connectivity index (χ1n) is 5.25. The van der Waals surface area contributed by atoms with Gasteiger partial charge in [-0.05, 0) is 24.1 Å². The highest BCUT2D eigenvalue weighted by molar-refractivity contribution is 5.62. The van der Waals surface area contributed by atoms with Crippen LogP contribution in [0.5, 0.6) is 0 Å². The molecule has 3 nitrogen and oxygen atoms in total. The molecule has 1 heterocycles. The van der Waals surface area contributed by atoms with Crippen LogP contribution in [0.15, 0.2) is 42.6 Å². The molecule has 1 aromatic heterocycles. The summed E-state index contributed by atoms with van der Waals surface area (Å²) in [6.07, 6.45) is 1.77. The molecule has 2 aromatic rings. The smallest absolute Gasteiger partial charge is 0.146 e. The maximum absolute atomic E-state index is 5.78. The van der Waals surface area contributed by atoms with Crippen molar-refractivity contribution in [3.05, 3.63) is 53.7 Å². The molecule has 2 rings (SSSR count). The maximum Gasteiger partial charge on any atom is 0.146 e. The lowest BCUT2D eigenvalue weighted by molar-refractivity contribution is 1.13. The van der Waals surface area contributed by atoms with E-state index < -0.39 is 0 Å². The van der Waals surface area contributed by atoms with Crippen LogP contribution in [0.1, 0.15) is 11.1 Å². The Morgan fingerprint density at radius 2 is 2.00 bits per heavy atom. The second kappa shape index (κ2) is 4.66. The van der Waals surface area contributed by atoms with Crippen molar-refractivity contribution in [2.24, 2.45) is 0 Å². The summed E-state index contributed by atoms with van der Waals surface area (Å²) in [5, 5.41) is 3.28. The third-order valence-electron chi connectivity index (χ3n) is 2.38. The molecule has 0 unspecified atom stereocenters. The van der Waals surface area contributed by atoms with E-state index in [2.05, 4.69) is 22.4 Å². The molecule has 0 bridgehead atoms. The zero-order valence-electron chi connectivity index (χ0n) is 9.27. The predicted molar refractivity (Wildman–Crippen MR) is 67.2 cm³/mol. The van der Waals surface area contributed by atoms with Gasteiger partial charge in [-0.2, -0.15) is 0 Å². The number of pyridine rings is 1. The van der Waals surface area contributed by atoms with E-state index in [1.165, 1.54) is 5.56 Å². The van der Waals surface area contributed by atoms with Crippen molar-refractivity contribution in [3.63, 3.8) is 0 Å². The lowest BCUT2D eigenvalue weighted by Crippen LogP contribution is -2.04. The van der Waals surface area contributed by atoms with E-state index in [0.717, 1.165) is 17.8 Å². The third kappa shape index (κ3) is 2.51. The van der Waals surface area contributed by atoms with Crippen molar-refractivity contribution in [1.82, 2.24) is 4.98 Å². The Balaban J connectivity index is 2.08. The largest absolute Gasteiger partial charge is 0.382 e. The number of rotatable bonds is 3. The van der Waals surface area contributed by atoms with Gasteiger partial charge in [-0.15, -0.1) is 0 Å². The highest BCUT2D eigenvalue weighted by Crippen LogP contribution is 2.17. The second-order valence-corrected chi connectivity index (χ2v) is 3.78. The van der Waals surface area contributed by atoms with Crippen molar-refractivity contribution in [1.29, 1.82) is 0 Å². The monoisotopic (exact) mass is 213 g/mol. The van der Waals surface area contributed by atoms with Crippen molar-refractivity contribution in [2.75, 3.05) is 11.1 Å². The zero-order chi connectivity index (χ0) is 11.4. The van der Waals surface area contributed by atoms with Crippen molar-refractivity contribution < 1.29 is 0 Å². The summed E-state index contributed by atoms with van der Waals surface area (Å²) in [6, 6.07) is 12.2. The summed E-state index contributed by atoms with van der Waals surface area (Å²) in [7, 11) is 0. The first kappa shape index (κ1) is 10.5. The number of nitrogens with one attached hydrogen (secondary N) is 1. The second-order valence-electron chi connectivity index (χ2n) is 3.78. The van der Waals surface area contributed by atoms with Crippen LogP contribution < -0.4 is 11.1 Å². The predicted octanol–water partition coefficient (Wildman–Crippen LogP) is 2.58. The van der Waals surface area contributed by atoms with Gasteiger partial charge in [0.15, 0.2) is 0 Å². The summed E-state index contributed by atoms with van der Waals surface area (Å²) < 4.78 is 0. The van der Waals surface area contributed by atoms with Crippen LogP contribution in [0.2, 0.25) is 0 Å². The molecule has 0 aliphatic carbocycles. The van der Waals surface area contributed by atoms with Gasteiger partial charge in [0.25, 0.3) is 0 Å². The lowest BCUT2D eigenvalue weighted by Gasteiger charge is -2.09. The van der Waals surface area contributed by atoms with Gasteiger partial charge < -0.3 is 11.1 Å². The summed E-state index contributed by atoms with van der Waals surface area (Å²) in [4.78, 5) is 4.11. The number of hydrogen-bond acceptors (Lipinski definition) is 3. The van der Waals surface area contributed by atoms with E-state index in [1.54, 1.807) is 6.20 Å². The van der Waals surface area contributed by atoms with E-state index in [4.69, 9.17) is 5.73 Å². The Bertz CT molecular complexity index is 466. The molecule has 0 aliphatic rings. The molecule has 0 radical (unpaired) electrons. The first-order chi connectivity index (χ1) is 7.75. The topological polar surface area (TPSA) is 50.9 Å². The van der Waals surface area contributed by atoms with Gasteiger partial charge in [-0.25, -0.2) is 4.98 Å². The highest BCUT2D eigenvalue weighted by atomic mass is 14.9. The van der Waals surface area contributed by atoms with Gasteiger partial charge in [-0.3, -0.25) is 0 Å². The number of anilines is 2. The summed E-state index contributed by atoms with van der Waals surface area (Å²) >= 11 is 0. The van der Waals surface area contributed by atoms with Gasteiger partial charge in [0.1, 0.15) is 5.82 Å². The fourth-order valence-corrected chi connectivity index (χ4v) is 1.51. The highest BCUT2D eigenvalue weighted by Gasteiger charge is 2.00. The quantitative estimate of drug-likeness (QED) is 0.824. The Morgan fingerprint density at radius 3 is 2.75 bits per heavy atom. The molecule has 0 atom stereocenters. The van der Waals surface area contributed by atoms with E-state index in [9.17, 15) is 0 Å². The van der Waals surface area contributed by atoms with Crippen LogP contribution >= 0.6 is 0 Å². The Labute approximate surface area is 95.3 Å². The van der Waals surface area contributed by atoms with E-state index in [1.807, 2.05) is 31.2 Å². The van der Waals surface area contributed by atoms with Crippen LogP contribution in [0, 0.1) is 6.92 Å². The Morgan fingerprint density at radius 1 is 1.25 bits per heavy atom. The molecule has 0 fully saturated rings. The fourth-order valence-electron chi connectivity index (χ4n) is 1.51. The molecule has 82 valence electrons. The molecule has 0 saturated carbocycles. The minimum absolute atomic E-state index is 0.543. The molecule has 3 heteroatoms. The average molecular weight is 213 g/mol. The molecule has 16 heavy (non-hydrogen) atoms. The molecular formula is C13H15N3. The van der Waals surface area contributed by atoms with E-state index >= 15 is 0 Å². The van der Waals surface area contributed by atoms with E-state index in [0.29, 0.717) is 5.82 Å². The normalized spacial score (nSPS) is 10.1. The molecule has 3 N–H and O–H groups in total. The molecule has 0 amide bonds. The third-order valence-corrected chi connectivity index (χ3v) is 2.38. The number of hydrogen-bond donors (Lipinski definition) is 2. The van der Waals surface area contributed by atoms with Crippen LogP contribution in [-0.2, 0) is 6.54 Å². The summed E-state index contributed by atoms with van der Waals surface area (Å²) in [6.45, 7) is 2.76. The molecule has 0 saturated heterocycles. The van der Waals surface area contributed by atoms with Crippen molar-refractivity contribution in [2.45, 2.75) is 13.5 Å². The van der Waals surface area contributed by atoms with Crippen LogP contribution in [0.3, 0.4) is 0 Å². The number of nitrogens with two attached hydrogens (primary N) is 1. The molecule has 0 spiro atoms. The maximum atomic E-state index is 5.78. The van der Waals surface area contributed by atoms with Gasteiger partial charge in [0.05, 0.1) is 5.69 Å². The van der Waals surface area contributed by atoms with Crippen molar-refractivity contribution in [3.8, 4) is 0 Å². The number of aromatic nitrogens is 1. The van der Waals surface area contributed by atoms with Crippen LogP contribution in [0.25, 0.3) is 0 Å². The zero-order valence-corrected chi connectivity index (χ0v) is 9.27. The SMILES string of the molecule is Cc1cnc(N)c(NCc2ccccc2)c1. The first-order valence-corrected chi connectivity index (χ1v) is 5.25. The minimum Gasteiger partial charge on any atom is -0.382 e.